The van der Waals surface area contributed by atoms with Crippen LogP contribution in [0, 0.1) is 5.82 Å². The third-order valence-corrected chi connectivity index (χ3v) is 4.24. The van der Waals surface area contributed by atoms with E-state index in [0.717, 1.165) is 12.1 Å². The van der Waals surface area contributed by atoms with Crippen LogP contribution in [0.5, 0.6) is 5.75 Å². The van der Waals surface area contributed by atoms with E-state index in [1.807, 2.05) is 0 Å². The Morgan fingerprint density at radius 2 is 1.85 bits per heavy atom. The summed E-state index contributed by atoms with van der Waals surface area (Å²) >= 11 is 11.5. The molecule has 1 atom stereocenters. The van der Waals surface area contributed by atoms with Crippen LogP contribution in [0.2, 0.25) is 10.0 Å². The summed E-state index contributed by atoms with van der Waals surface area (Å²) < 4.78 is 29.4. The SMILES string of the molecule is COc1ccc(-c2nnc([C@@H](C)OC(=O)c3cc(F)c(Cl)cc3Cl)o2)cc1. The zero-order valence-corrected chi connectivity index (χ0v) is 15.7. The molecule has 1 heterocycles. The van der Waals surface area contributed by atoms with Gasteiger partial charge in [0.1, 0.15) is 11.6 Å². The zero-order valence-electron chi connectivity index (χ0n) is 14.2. The van der Waals surface area contributed by atoms with Gasteiger partial charge in [0, 0.05) is 5.56 Å². The molecule has 0 radical (unpaired) electrons. The van der Waals surface area contributed by atoms with Crippen LogP contribution < -0.4 is 4.74 Å². The molecule has 6 nitrogen and oxygen atoms in total. The highest BCUT2D eigenvalue weighted by Crippen LogP contribution is 2.28. The molecule has 0 fully saturated rings. The molecule has 0 unspecified atom stereocenters. The Balaban J connectivity index is 1.75. The lowest BCUT2D eigenvalue weighted by Gasteiger charge is -2.10. The van der Waals surface area contributed by atoms with Crippen molar-refractivity contribution in [2.75, 3.05) is 7.11 Å². The number of hydrogen-bond acceptors (Lipinski definition) is 6. The number of aromatic nitrogens is 2. The number of carbonyl (C=O) groups is 1. The fourth-order valence-electron chi connectivity index (χ4n) is 2.20. The van der Waals surface area contributed by atoms with Gasteiger partial charge in [-0.3, -0.25) is 0 Å². The maximum Gasteiger partial charge on any atom is 0.340 e. The van der Waals surface area contributed by atoms with Crippen molar-refractivity contribution in [3.05, 3.63) is 63.7 Å². The first-order chi connectivity index (χ1) is 12.9. The molecule has 9 heteroatoms. The largest absolute Gasteiger partial charge is 0.497 e. The maximum atomic E-state index is 13.6. The third-order valence-electron chi connectivity index (χ3n) is 3.64. The standard InChI is InChI=1S/C18H13Cl2FN2O4/c1-9(26-18(24)12-7-15(21)14(20)8-13(12)19)16-22-23-17(27-16)10-3-5-11(25-2)6-4-10/h3-9H,1-2H3/t9-/m1/s1. The summed E-state index contributed by atoms with van der Waals surface area (Å²) in [7, 11) is 1.56. The summed E-state index contributed by atoms with van der Waals surface area (Å²) in [6, 6.07) is 9.05. The van der Waals surface area contributed by atoms with E-state index in [1.54, 1.807) is 38.3 Å². The van der Waals surface area contributed by atoms with Gasteiger partial charge in [-0.25, -0.2) is 9.18 Å². The Morgan fingerprint density at radius 3 is 2.52 bits per heavy atom. The van der Waals surface area contributed by atoms with Crippen LogP contribution in [0.25, 0.3) is 11.5 Å². The van der Waals surface area contributed by atoms with E-state index in [0.29, 0.717) is 11.3 Å². The van der Waals surface area contributed by atoms with Crippen LogP contribution in [-0.4, -0.2) is 23.3 Å². The molecule has 3 aromatic rings. The molecule has 0 saturated carbocycles. The minimum absolute atomic E-state index is 0.0250. The van der Waals surface area contributed by atoms with Gasteiger partial charge in [-0.15, -0.1) is 10.2 Å². The van der Waals surface area contributed by atoms with Crippen molar-refractivity contribution < 1.29 is 23.1 Å². The lowest BCUT2D eigenvalue weighted by Crippen LogP contribution is -2.10. The summed E-state index contributed by atoms with van der Waals surface area (Å²) in [6.45, 7) is 1.55. The highest BCUT2D eigenvalue weighted by molar-refractivity contribution is 6.36. The van der Waals surface area contributed by atoms with Gasteiger partial charge in [0.15, 0.2) is 6.10 Å². The van der Waals surface area contributed by atoms with Crippen LogP contribution in [-0.2, 0) is 4.74 Å². The minimum Gasteiger partial charge on any atom is -0.497 e. The second-order valence-electron chi connectivity index (χ2n) is 5.47. The van der Waals surface area contributed by atoms with Crippen LogP contribution in [0.15, 0.2) is 40.8 Å². The number of ether oxygens (including phenoxy) is 2. The molecule has 0 aliphatic heterocycles. The topological polar surface area (TPSA) is 74.5 Å². The van der Waals surface area contributed by atoms with Gasteiger partial charge in [0.05, 0.1) is 22.7 Å². The second kappa shape index (κ2) is 7.94. The molecule has 27 heavy (non-hydrogen) atoms. The minimum atomic E-state index is -0.869. The van der Waals surface area contributed by atoms with Gasteiger partial charge in [0.25, 0.3) is 5.89 Å². The van der Waals surface area contributed by atoms with Crippen LogP contribution >= 0.6 is 23.2 Å². The Labute approximate surface area is 163 Å². The van der Waals surface area contributed by atoms with Crippen molar-refractivity contribution in [3.63, 3.8) is 0 Å². The van der Waals surface area contributed by atoms with Crippen molar-refractivity contribution in [1.29, 1.82) is 0 Å². The van der Waals surface area contributed by atoms with Gasteiger partial charge >= 0.3 is 5.97 Å². The van der Waals surface area contributed by atoms with Crippen molar-refractivity contribution in [2.24, 2.45) is 0 Å². The quantitative estimate of drug-likeness (QED) is 0.429. The Hall–Kier alpha value is -2.64. The van der Waals surface area contributed by atoms with Gasteiger partial charge in [-0.05, 0) is 43.3 Å². The molecule has 0 saturated heterocycles. The molecular formula is C18H13Cl2FN2O4. The number of rotatable bonds is 5. The molecule has 0 spiro atoms. The van der Waals surface area contributed by atoms with E-state index in [4.69, 9.17) is 37.1 Å². The van der Waals surface area contributed by atoms with Gasteiger partial charge in [-0.1, -0.05) is 23.2 Å². The number of carbonyl (C=O) groups excluding carboxylic acids is 1. The molecule has 0 amide bonds. The van der Waals surface area contributed by atoms with E-state index >= 15 is 0 Å². The Bertz CT molecular complexity index is 976. The van der Waals surface area contributed by atoms with E-state index in [2.05, 4.69) is 10.2 Å². The number of halogens is 3. The molecule has 0 aliphatic rings. The summed E-state index contributed by atoms with van der Waals surface area (Å²) in [5, 5.41) is 7.60. The normalized spacial score (nSPS) is 11.9. The predicted octanol–water partition coefficient (Wildman–Crippen LogP) is 5.11. The van der Waals surface area contributed by atoms with Crippen LogP contribution in [0.4, 0.5) is 4.39 Å². The van der Waals surface area contributed by atoms with Crippen molar-refractivity contribution in [2.45, 2.75) is 13.0 Å². The van der Waals surface area contributed by atoms with Crippen LogP contribution in [0.1, 0.15) is 29.3 Å². The number of nitrogens with zero attached hydrogens (tertiary/aromatic N) is 2. The zero-order chi connectivity index (χ0) is 19.6. The molecule has 2 aromatic carbocycles. The van der Waals surface area contributed by atoms with Crippen molar-refractivity contribution in [3.8, 4) is 17.2 Å². The lowest BCUT2D eigenvalue weighted by atomic mass is 10.2. The second-order valence-corrected chi connectivity index (χ2v) is 6.28. The summed E-state index contributed by atoms with van der Waals surface area (Å²) in [5.41, 5.74) is 0.524. The fraction of sp³-hybridized carbons (Fsp3) is 0.167. The number of hydrogen-bond donors (Lipinski definition) is 0. The summed E-state index contributed by atoms with van der Waals surface area (Å²) in [4.78, 5) is 12.2. The third kappa shape index (κ3) is 4.20. The van der Waals surface area contributed by atoms with Crippen molar-refractivity contribution >= 4 is 29.2 Å². The number of esters is 1. The predicted molar refractivity (Wildman–Crippen MR) is 96.5 cm³/mol. The Morgan fingerprint density at radius 1 is 1.15 bits per heavy atom. The first kappa shape index (κ1) is 19.1. The molecular weight excluding hydrogens is 398 g/mol. The first-order valence-electron chi connectivity index (χ1n) is 7.72. The number of methoxy groups -OCH3 is 1. The maximum absolute atomic E-state index is 13.6. The monoisotopic (exact) mass is 410 g/mol. The molecule has 1 aromatic heterocycles. The molecule has 0 N–H and O–H groups in total. The average molecular weight is 411 g/mol. The first-order valence-corrected chi connectivity index (χ1v) is 8.48. The van der Waals surface area contributed by atoms with Crippen LogP contribution in [0.3, 0.4) is 0 Å². The molecule has 0 bridgehead atoms. The summed E-state index contributed by atoms with van der Waals surface area (Å²) in [6.07, 6.45) is -0.869. The molecule has 3 rings (SSSR count). The summed E-state index contributed by atoms with van der Waals surface area (Å²) in [5.74, 6) is -0.591. The lowest BCUT2D eigenvalue weighted by molar-refractivity contribution is 0.0279. The van der Waals surface area contributed by atoms with E-state index < -0.39 is 17.9 Å². The highest BCUT2D eigenvalue weighted by atomic mass is 35.5. The van der Waals surface area contributed by atoms with Gasteiger partial charge < -0.3 is 13.9 Å². The smallest absolute Gasteiger partial charge is 0.340 e. The molecule has 140 valence electrons. The Kier molecular flexibility index (Phi) is 5.62. The average Bonchev–Trinajstić information content (AvgIpc) is 3.15. The van der Waals surface area contributed by atoms with Gasteiger partial charge in [-0.2, -0.15) is 0 Å². The number of benzene rings is 2. The van der Waals surface area contributed by atoms with Crippen molar-refractivity contribution in [1.82, 2.24) is 10.2 Å². The highest BCUT2D eigenvalue weighted by Gasteiger charge is 2.22. The van der Waals surface area contributed by atoms with Gasteiger partial charge in [0.2, 0.25) is 5.89 Å². The van der Waals surface area contributed by atoms with E-state index in [9.17, 15) is 9.18 Å². The van der Waals surface area contributed by atoms with E-state index in [1.165, 1.54) is 0 Å². The molecule has 0 aliphatic carbocycles. The van der Waals surface area contributed by atoms with E-state index in [-0.39, 0.29) is 27.4 Å². The fourth-order valence-corrected chi connectivity index (χ4v) is 2.66.